The first-order valence-corrected chi connectivity index (χ1v) is 9.78. The number of esters is 2. The van der Waals surface area contributed by atoms with Crippen LogP contribution in [0.25, 0.3) is 0 Å². The fourth-order valence-electron chi connectivity index (χ4n) is 2.12. The second kappa shape index (κ2) is 9.33. The Morgan fingerprint density at radius 1 is 1.12 bits per heavy atom. The monoisotopic (exact) mass is 385 g/mol. The van der Waals surface area contributed by atoms with Crippen molar-refractivity contribution in [2.45, 2.75) is 31.2 Å². The molecule has 0 bridgehead atoms. The number of sulfone groups is 1. The lowest BCUT2D eigenvalue weighted by Gasteiger charge is -2.18. The Bertz CT molecular complexity index is 754. The summed E-state index contributed by atoms with van der Waals surface area (Å²) < 4.78 is 32.3. The van der Waals surface area contributed by atoms with E-state index in [0.717, 1.165) is 6.26 Å². The first-order chi connectivity index (χ1) is 12.0. The van der Waals surface area contributed by atoms with Crippen molar-refractivity contribution < 1.29 is 32.3 Å². The highest BCUT2D eigenvalue weighted by Gasteiger charge is 2.23. The number of rotatable bonds is 8. The molecule has 0 aromatic heterocycles. The number of carbonyl (C=O) groups is 3. The zero-order valence-corrected chi connectivity index (χ0v) is 16.0. The van der Waals surface area contributed by atoms with E-state index < -0.39 is 40.3 Å². The molecule has 1 aromatic carbocycles. The van der Waals surface area contributed by atoms with Gasteiger partial charge in [-0.3, -0.25) is 4.79 Å². The number of carbonyl (C=O) groups excluding carboxylic acids is 3. The molecular weight excluding hydrogens is 362 g/mol. The molecule has 1 atom stereocenters. The lowest BCUT2D eigenvalue weighted by atomic mass is 10.0. The molecule has 0 saturated heterocycles. The molecule has 1 rings (SSSR count). The van der Waals surface area contributed by atoms with Crippen LogP contribution in [0.2, 0.25) is 0 Å². The predicted molar refractivity (Wildman–Crippen MR) is 93.2 cm³/mol. The number of hydrogen-bond donors (Lipinski definition) is 1. The molecule has 0 saturated carbocycles. The minimum absolute atomic E-state index is 0.0707. The summed E-state index contributed by atoms with van der Waals surface area (Å²) in [5.41, 5.74) is 0.108. The van der Waals surface area contributed by atoms with E-state index in [1.807, 2.05) is 13.8 Å². The average Bonchev–Trinajstić information content (AvgIpc) is 2.57. The van der Waals surface area contributed by atoms with E-state index in [0.29, 0.717) is 6.42 Å². The summed E-state index contributed by atoms with van der Waals surface area (Å²) in [7, 11) is -2.14. The van der Waals surface area contributed by atoms with Crippen molar-refractivity contribution in [2.75, 3.05) is 20.0 Å². The summed E-state index contributed by atoms with van der Waals surface area (Å²) in [6.45, 7) is 3.21. The summed E-state index contributed by atoms with van der Waals surface area (Å²) in [6, 6.07) is 4.34. The van der Waals surface area contributed by atoms with Crippen LogP contribution in [-0.2, 0) is 28.9 Å². The van der Waals surface area contributed by atoms with E-state index in [1.165, 1.54) is 31.4 Å². The van der Waals surface area contributed by atoms with Gasteiger partial charge in [0.1, 0.15) is 6.04 Å². The van der Waals surface area contributed by atoms with Gasteiger partial charge in [0.2, 0.25) is 0 Å². The molecule has 0 aliphatic heterocycles. The third-order valence-corrected chi connectivity index (χ3v) is 4.51. The van der Waals surface area contributed by atoms with Crippen LogP contribution in [0.4, 0.5) is 0 Å². The number of hydrogen-bond acceptors (Lipinski definition) is 7. The first-order valence-electron chi connectivity index (χ1n) is 7.89. The van der Waals surface area contributed by atoms with Crippen LogP contribution in [0.1, 0.15) is 30.6 Å². The molecule has 0 unspecified atom stereocenters. The molecule has 0 aliphatic carbocycles. The van der Waals surface area contributed by atoms with Gasteiger partial charge in [-0.05, 0) is 36.6 Å². The fourth-order valence-corrected chi connectivity index (χ4v) is 2.75. The quantitative estimate of drug-likeness (QED) is 0.662. The van der Waals surface area contributed by atoms with Crippen LogP contribution in [0, 0.1) is 5.92 Å². The van der Waals surface area contributed by atoms with E-state index in [-0.39, 0.29) is 16.4 Å². The number of nitrogens with one attached hydrogen (secondary N) is 1. The van der Waals surface area contributed by atoms with Crippen molar-refractivity contribution in [2.24, 2.45) is 5.92 Å². The van der Waals surface area contributed by atoms with E-state index in [2.05, 4.69) is 10.1 Å². The van der Waals surface area contributed by atoms with Crippen molar-refractivity contribution in [3.05, 3.63) is 29.8 Å². The summed E-state index contributed by atoms with van der Waals surface area (Å²) in [4.78, 5) is 35.6. The minimum atomic E-state index is -3.37. The SMILES string of the molecule is COC(=O)[C@H](CC(C)C)NC(=O)COC(=O)c1ccc(S(C)(=O)=O)cc1. The van der Waals surface area contributed by atoms with Crippen molar-refractivity contribution in [3.8, 4) is 0 Å². The predicted octanol–water partition coefficient (Wildman–Crippen LogP) is 0.951. The van der Waals surface area contributed by atoms with Crippen LogP contribution < -0.4 is 5.32 Å². The van der Waals surface area contributed by atoms with Gasteiger partial charge in [-0.15, -0.1) is 0 Å². The molecule has 1 amide bonds. The maximum atomic E-state index is 11.9. The molecule has 144 valence electrons. The first kappa shape index (κ1) is 21.6. The van der Waals surface area contributed by atoms with Gasteiger partial charge in [0.15, 0.2) is 16.4 Å². The minimum Gasteiger partial charge on any atom is -0.467 e. The second-order valence-electron chi connectivity index (χ2n) is 6.15. The number of amides is 1. The molecule has 0 radical (unpaired) electrons. The highest BCUT2D eigenvalue weighted by molar-refractivity contribution is 7.90. The van der Waals surface area contributed by atoms with Crippen LogP contribution in [-0.4, -0.2) is 52.3 Å². The van der Waals surface area contributed by atoms with E-state index in [4.69, 9.17) is 4.74 Å². The standard InChI is InChI=1S/C17H23NO7S/c1-11(2)9-14(17(21)24-3)18-15(19)10-25-16(20)12-5-7-13(8-6-12)26(4,22)23/h5-8,11,14H,9-10H2,1-4H3,(H,18,19)/t14-/m0/s1. The second-order valence-corrected chi connectivity index (χ2v) is 8.16. The fraction of sp³-hybridized carbons (Fsp3) is 0.471. The third kappa shape index (κ3) is 6.83. The topological polar surface area (TPSA) is 116 Å². The average molecular weight is 385 g/mol. The van der Waals surface area contributed by atoms with Gasteiger partial charge >= 0.3 is 11.9 Å². The van der Waals surface area contributed by atoms with E-state index in [9.17, 15) is 22.8 Å². The van der Waals surface area contributed by atoms with Gasteiger partial charge in [0.25, 0.3) is 5.91 Å². The Hall–Kier alpha value is -2.42. The molecule has 26 heavy (non-hydrogen) atoms. The lowest BCUT2D eigenvalue weighted by Crippen LogP contribution is -2.44. The van der Waals surface area contributed by atoms with Crippen molar-refractivity contribution in [3.63, 3.8) is 0 Å². The van der Waals surface area contributed by atoms with E-state index in [1.54, 1.807) is 0 Å². The maximum Gasteiger partial charge on any atom is 0.338 e. The van der Waals surface area contributed by atoms with Gasteiger partial charge < -0.3 is 14.8 Å². The molecule has 1 aromatic rings. The zero-order valence-electron chi connectivity index (χ0n) is 15.1. The lowest BCUT2D eigenvalue weighted by molar-refractivity contribution is -0.145. The largest absolute Gasteiger partial charge is 0.467 e. The van der Waals surface area contributed by atoms with Crippen LogP contribution >= 0.6 is 0 Å². The Morgan fingerprint density at radius 2 is 1.69 bits per heavy atom. The van der Waals surface area contributed by atoms with Crippen molar-refractivity contribution in [1.29, 1.82) is 0 Å². The Balaban J connectivity index is 2.63. The number of methoxy groups -OCH3 is 1. The van der Waals surface area contributed by atoms with Gasteiger partial charge in [-0.1, -0.05) is 13.8 Å². The molecule has 1 N–H and O–H groups in total. The Morgan fingerprint density at radius 3 is 2.15 bits per heavy atom. The molecule has 0 fully saturated rings. The number of benzene rings is 1. The van der Waals surface area contributed by atoms with Crippen LogP contribution in [0.3, 0.4) is 0 Å². The van der Waals surface area contributed by atoms with Gasteiger partial charge in [-0.2, -0.15) is 0 Å². The summed E-state index contributed by atoms with van der Waals surface area (Å²) >= 11 is 0. The normalized spacial score (nSPS) is 12.3. The van der Waals surface area contributed by atoms with Crippen molar-refractivity contribution in [1.82, 2.24) is 5.32 Å². The molecule has 0 spiro atoms. The van der Waals surface area contributed by atoms with Gasteiger partial charge in [0, 0.05) is 6.26 Å². The molecular formula is C17H23NO7S. The zero-order chi connectivity index (χ0) is 19.9. The molecule has 9 heteroatoms. The van der Waals surface area contributed by atoms with E-state index >= 15 is 0 Å². The van der Waals surface area contributed by atoms with Crippen molar-refractivity contribution >= 4 is 27.7 Å². The Kier molecular flexibility index (Phi) is 7.76. The molecule has 8 nitrogen and oxygen atoms in total. The summed E-state index contributed by atoms with van der Waals surface area (Å²) in [5.74, 6) is -1.84. The summed E-state index contributed by atoms with van der Waals surface area (Å²) in [5, 5.41) is 2.46. The molecule has 0 heterocycles. The van der Waals surface area contributed by atoms with Crippen LogP contribution in [0.5, 0.6) is 0 Å². The number of ether oxygens (including phenoxy) is 2. The summed E-state index contributed by atoms with van der Waals surface area (Å²) in [6.07, 6.45) is 1.44. The molecule has 0 aliphatic rings. The van der Waals surface area contributed by atoms with Crippen LogP contribution in [0.15, 0.2) is 29.2 Å². The van der Waals surface area contributed by atoms with Gasteiger partial charge in [-0.25, -0.2) is 18.0 Å². The highest BCUT2D eigenvalue weighted by atomic mass is 32.2. The maximum absolute atomic E-state index is 11.9. The highest BCUT2D eigenvalue weighted by Crippen LogP contribution is 2.11. The third-order valence-electron chi connectivity index (χ3n) is 3.38. The van der Waals surface area contributed by atoms with Gasteiger partial charge in [0.05, 0.1) is 17.6 Å². The Labute approximate surface area is 152 Å². The smallest absolute Gasteiger partial charge is 0.338 e.